The molecule has 2 rings (SSSR count). The van der Waals surface area contributed by atoms with Crippen molar-refractivity contribution in [2.75, 3.05) is 18.9 Å². The van der Waals surface area contributed by atoms with Gasteiger partial charge in [0.05, 0.1) is 5.69 Å². The number of carbonyl (C=O) groups is 1. The van der Waals surface area contributed by atoms with Crippen LogP contribution in [0.15, 0.2) is 35.7 Å². The van der Waals surface area contributed by atoms with Gasteiger partial charge in [0.15, 0.2) is 11.8 Å². The molecule has 0 bridgehead atoms. The molecule has 1 N–H and O–H groups in total. The average Bonchev–Trinajstić information content (AvgIpc) is 2.99. The maximum Gasteiger partial charge on any atom is 0.422 e. The van der Waals surface area contributed by atoms with E-state index in [0.29, 0.717) is 5.75 Å². The number of carbonyl (C=O) groups excluding carboxylic acids is 1. The number of nitrogens with one attached hydrogen (secondary N) is 1. The summed E-state index contributed by atoms with van der Waals surface area (Å²) < 4.78 is 41.8. The Kier molecular flexibility index (Phi) is 6.35. The van der Waals surface area contributed by atoms with Crippen molar-refractivity contribution in [3.05, 3.63) is 41.7 Å². The monoisotopic (exact) mass is 373 g/mol. The number of aromatic nitrogens is 2. The number of halogens is 3. The number of hydrogen-bond acceptors (Lipinski definition) is 4. The van der Waals surface area contributed by atoms with Crippen LogP contribution in [0.4, 0.5) is 18.0 Å². The molecular weight excluding hydrogens is 355 g/mol. The minimum atomic E-state index is -4.53. The lowest BCUT2D eigenvalue weighted by atomic mass is 10.1. The van der Waals surface area contributed by atoms with E-state index in [9.17, 15) is 18.0 Å². The quantitative estimate of drug-likeness (QED) is 0.617. The van der Waals surface area contributed by atoms with Gasteiger partial charge in [-0.05, 0) is 31.0 Å². The number of alkyl halides is 3. The standard InChI is InChI=1S/C16H18F3N3O2S/c1-11-3-4-12(2)13(9-11)22-7-5-20-14(22)25-8-6-21-15(23)24-10-16(17,18)19/h3-5,7,9H,6,8,10H2,1-2H3,(H,21,23). The summed E-state index contributed by atoms with van der Waals surface area (Å²) in [5.74, 6) is 0.447. The summed E-state index contributed by atoms with van der Waals surface area (Å²) in [7, 11) is 0. The maximum absolute atomic E-state index is 11.9. The summed E-state index contributed by atoms with van der Waals surface area (Å²) >= 11 is 1.39. The third-order valence-electron chi connectivity index (χ3n) is 3.20. The number of aryl methyl sites for hydroxylation is 2. The molecule has 1 heterocycles. The molecule has 0 atom stereocenters. The SMILES string of the molecule is Cc1ccc(C)c(-n2ccnc2SCCNC(=O)OCC(F)(F)F)c1. The highest BCUT2D eigenvalue weighted by Gasteiger charge is 2.29. The van der Waals surface area contributed by atoms with Crippen molar-refractivity contribution < 1.29 is 22.7 Å². The molecule has 0 saturated heterocycles. The Balaban J connectivity index is 1.86. The van der Waals surface area contributed by atoms with Gasteiger partial charge in [0, 0.05) is 24.7 Å². The molecule has 1 amide bonds. The lowest BCUT2D eigenvalue weighted by molar-refractivity contribution is -0.160. The first kappa shape index (κ1) is 19.2. The molecule has 5 nitrogen and oxygen atoms in total. The van der Waals surface area contributed by atoms with Crippen LogP contribution >= 0.6 is 11.8 Å². The highest BCUT2D eigenvalue weighted by atomic mass is 32.2. The fourth-order valence-electron chi connectivity index (χ4n) is 2.05. The number of ether oxygens (including phenoxy) is 1. The van der Waals surface area contributed by atoms with Gasteiger partial charge in [0.2, 0.25) is 0 Å². The Morgan fingerprint density at radius 3 is 2.84 bits per heavy atom. The van der Waals surface area contributed by atoms with Crippen molar-refractivity contribution in [3.8, 4) is 5.69 Å². The third-order valence-corrected chi connectivity index (χ3v) is 4.17. The molecule has 0 aliphatic heterocycles. The van der Waals surface area contributed by atoms with Crippen LogP contribution in [0.25, 0.3) is 5.69 Å². The van der Waals surface area contributed by atoms with Crippen LogP contribution < -0.4 is 5.32 Å². The summed E-state index contributed by atoms with van der Waals surface area (Å²) in [5, 5.41) is 3.01. The van der Waals surface area contributed by atoms with E-state index in [1.54, 1.807) is 6.20 Å². The van der Waals surface area contributed by atoms with E-state index in [2.05, 4.69) is 15.0 Å². The number of nitrogens with zero attached hydrogens (tertiary/aromatic N) is 2. The summed E-state index contributed by atoms with van der Waals surface area (Å²) in [6.45, 7) is 2.58. The van der Waals surface area contributed by atoms with Crippen molar-refractivity contribution in [1.82, 2.24) is 14.9 Å². The van der Waals surface area contributed by atoms with Gasteiger partial charge in [-0.15, -0.1) is 0 Å². The second-order valence-corrected chi connectivity index (χ2v) is 6.40. The molecule has 0 aliphatic carbocycles. The molecule has 25 heavy (non-hydrogen) atoms. The number of benzene rings is 1. The number of amides is 1. The van der Waals surface area contributed by atoms with Crippen molar-refractivity contribution in [1.29, 1.82) is 0 Å². The Hall–Kier alpha value is -2.16. The molecule has 1 aromatic heterocycles. The van der Waals surface area contributed by atoms with Crippen molar-refractivity contribution in [2.45, 2.75) is 25.2 Å². The second kappa shape index (κ2) is 8.28. The van der Waals surface area contributed by atoms with Gasteiger partial charge in [-0.3, -0.25) is 4.57 Å². The van der Waals surface area contributed by atoms with Crippen LogP contribution in [0.1, 0.15) is 11.1 Å². The third kappa shape index (κ3) is 6.00. The summed E-state index contributed by atoms with van der Waals surface area (Å²) in [6.07, 6.45) is -2.09. The summed E-state index contributed by atoms with van der Waals surface area (Å²) in [6, 6.07) is 6.10. The first-order valence-corrected chi connectivity index (χ1v) is 8.46. The smallest absolute Gasteiger partial charge is 0.422 e. The maximum atomic E-state index is 11.9. The zero-order chi connectivity index (χ0) is 18.4. The highest BCUT2D eigenvalue weighted by molar-refractivity contribution is 7.99. The van der Waals surface area contributed by atoms with Gasteiger partial charge in [-0.2, -0.15) is 13.2 Å². The molecule has 0 spiro atoms. The lowest BCUT2D eigenvalue weighted by Crippen LogP contribution is -2.30. The summed E-state index contributed by atoms with van der Waals surface area (Å²) in [5.41, 5.74) is 3.23. The predicted octanol–water partition coefficient (Wildman–Crippen LogP) is 3.87. The van der Waals surface area contributed by atoms with Crippen LogP contribution in [-0.4, -0.2) is 40.7 Å². The number of thioether (sulfide) groups is 1. The molecule has 136 valence electrons. The van der Waals surface area contributed by atoms with Gasteiger partial charge in [-0.25, -0.2) is 9.78 Å². The minimum absolute atomic E-state index is 0.168. The van der Waals surface area contributed by atoms with Crippen LogP contribution in [0, 0.1) is 13.8 Å². The zero-order valence-electron chi connectivity index (χ0n) is 13.8. The molecule has 2 aromatic rings. The van der Waals surface area contributed by atoms with Gasteiger partial charge < -0.3 is 10.1 Å². The first-order valence-electron chi connectivity index (χ1n) is 7.47. The fourth-order valence-corrected chi connectivity index (χ4v) is 2.87. The Labute approximate surface area is 147 Å². The van der Waals surface area contributed by atoms with Crippen molar-refractivity contribution in [3.63, 3.8) is 0 Å². The van der Waals surface area contributed by atoms with E-state index in [0.717, 1.165) is 22.0 Å². The molecule has 0 aliphatic rings. The molecule has 9 heteroatoms. The Morgan fingerprint density at radius 1 is 1.36 bits per heavy atom. The average molecular weight is 373 g/mol. The van der Waals surface area contributed by atoms with Gasteiger partial charge in [0.25, 0.3) is 0 Å². The number of hydrogen-bond donors (Lipinski definition) is 1. The van der Waals surface area contributed by atoms with Crippen LogP contribution in [0.3, 0.4) is 0 Å². The minimum Gasteiger partial charge on any atom is -0.440 e. The normalized spacial score (nSPS) is 11.4. The molecule has 0 saturated carbocycles. The summed E-state index contributed by atoms with van der Waals surface area (Å²) in [4.78, 5) is 15.4. The van der Waals surface area contributed by atoms with E-state index in [-0.39, 0.29) is 6.54 Å². The van der Waals surface area contributed by atoms with Crippen LogP contribution in [-0.2, 0) is 4.74 Å². The topological polar surface area (TPSA) is 56.2 Å². The number of imidazole rings is 1. The van der Waals surface area contributed by atoms with E-state index in [1.807, 2.05) is 42.8 Å². The van der Waals surface area contributed by atoms with Gasteiger partial charge >= 0.3 is 12.3 Å². The molecule has 1 aromatic carbocycles. The fraction of sp³-hybridized carbons (Fsp3) is 0.375. The van der Waals surface area contributed by atoms with E-state index in [4.69, 9.17) is 0 Å². The van der Waals surface area contributed by atoms with Gasteiger partial charge in [0.1, 0.15) is 0 Å². The number of alkyl carbamates (subject to hydrolysis) is 1. The largest absolute Gasteiger partial charge is 0.440 e. The van der Waals surface area contributed by atoms with Crippen molar-refractivity contribution in [2.24, 2.45) is 0 Å². The second-order valence-electron chi connectivity index (χ2n) is 5.34. The predicted molar refractivity (Wildman–Crippen MR) is 89.2 cm³/mol. The van der Waals surface area contributed by atoms with E-state index >= 15 is 0 Å². The van der Waals surface area contributed by atoms with Gasteiger partial charge in [-0.1, -0.05) is 23.9 Å². The lowest BCUT2D eigenvalue weighted by Gasteiger charge is -2.12. The molecular formula is C16H18F3N3O2S. The van der Waals surface area contributed by atoms with E-state index in [1.165, 1.54) is 11.8 Å². The highest BCUT2D eigenvalue weighted by Crippen LogP contribution is 2.23. The first-order chi connectivity index (χ1) is 11.8. The van der Waals surface area contributed by atoms with E-state index < -0.39 is 18.9 Å². The Morgan fingerprint density at radius 2 is 2.12 bits per heavy atom. The molecule has 0 fully saturated rings. The molecule has 0 unspecified atom stereocenters. The zero-order valence-corrected chi connectivity index (χ0v) is 14.6. The number of rotatable bonds is 6. The van der Waals surface area contributed by atoms with Crippen LogP contribution in [0.2, 0.25) is 0 Å². The molecule has 0 radical (unpaired) electrons. The Bertz CT molecular complexity index is 732. The van der Waals surface area contributed by atoms with Crippen molar-refractivity contribution >= 4 is 17.9 Å². The van der Waals surface area contributed by atoms with Crippen LogP contribution in [0.5, 0.6) is 0 Å².